The van der Waals surface area contributed by atoms with Crippen LogP contribution >= 0.6 is 0 Å². The number of benzene rings is 2. The van der Waals surface area contributed by atoms with Gasteiger partial charge in [-0.1, -0.05) is 18.2 Å². The first-order valence-corrected chi connectivity index (χ1v) is 15.5. The van der Waals surface area contributed by atoms with E-state index in [1.54, 1.807) is 0 Å². The molecule has 2 aromatic carbocycles. The predicted molar refractivity (Wildman–Crippen MR) is 142 cm³/mol. The van der Waals surface area contributed by atoms with Crippen molar-refractivity contribution >= 4 is 25.8 Å². The molecule has 0 spiro atoms. The van der Waals surface area contributed by atoms with Crippen molar-refractivity contribution in [3.05, 3.63) is 87.3 Å². The molecule has 0 aliphatic carbocycles. The Kier molecular flexibility index (Phi) is 8.45. The average molecular weight is 614 g/mol. The predicted octanol–water partition coefficient (Wildman–Crippen LogP) is 2.52. The highest BCUT2D eigenvalue weighted by molar-refractivity contribution is 7.90. The second-order valence-electron chi connectivity index (χ2n) is 9.31. The van der Waals surface area contributed by atoms with Crippen molar-refractivity contribution in [1.29, 1.82) is 0 Å². The van der Waals surface area contributed by atoms with Crippen molar-refractivity contribution in [3.8, 4) is 5.69 Å². The maximum atomic E-state index is 13.6. The lowest BCUT2D eigenvalue weighted by molar-refractivity contribution is -0.137. The van der Waals surface area contributed by atoms with Gasteiger partial charge >= 0.3 is 6.18 Å². The van der Waals surface area contributed by atoms with E-state index in [4.69, 9.17) is 4.74 Å². The van der Waals surface area contributed by atoms with Crippen LogP contribution in [-0.4, -0.2) is 64.2 Å². The SMILES string of the molecule is Cc1c(S(=O)(=O)N2CCOCC2)cc(C(=O)NCc2ccc(S(C)(=O)=O)cc2)c(=O)n1-c1cccc(C(F)(F)F)c1. The number of halogens is 3. The van der Waals surface area contributed by atoms with Gasteiger partial charge in [-0.3, -0.25) is 14.2 Å². The van der Waals surface area contributed by atoms with Crippen LogP contribution in [0.15, 0.2) is 69.2 Å². The molecular formula is C26H26F3N3O7S2. The second-order valence-corrected chi connectivity index (χ2v) is 13.2. The molecule has 0 radical (unpaired) electrons. The van der Waals surface area contributed by atoms with Gasteiger partial charge in [0.25, 0.3) is 11.5 Å². The number of aromatic nitrogens is 1. The molecule has 0 atom stereocenters. The maximum absolute atomic E-state index is 13.6. The number of carbonyl (C=O) groups excluding carboxylic acids is 1. The molecular weight excluding hydrogens is 587 g/mol. The Morgan fingerprint density at radius 3 is 2.22 bits per heavy atom. The minimum absolute atomic E-state index is 0.00939. The molecule has 3 aromatic rings. The molecule has 2 heterocycles. The minimum atomic E-state index is -4.74. The molecule has 15 heteroatoms. The fourth-order valence-corrected chi connectivity index (χ4v) is 6.56. The number of morpholine rings is 1. The molecule has 1 aromatic heterocycles. The van der Waals surface area contributed by atoms with Crippen LogP contribution in [0.25, 0.3) is 5.69 Å². The first-order valence-electron chi connectivity index (χ1n) is 12.2. The zero-order valence-corrected chi connectivity index (χ0v) is 23.6. The normalized spacial score (nSPS) is 15.0. The third-order valence-corrected chi connectivity index (χ3v) is 9.61. The average Bonchev–Trinajstić information content (AvgIpc) is 2.91. The number of sulfonamides is 1. The number of hydrogen-bond acceptors (Lipinski definition) is 7. The van der Waals surface area contributed by atoms with Gasteiger partial charge < -0.3 is 10.1 Å². The summed E-state index contributed by atoms with van der Waals surface area (Å²) in [5, 5.41) is 2.50. The molecule has 4 rings (SSSR count). The van der Waals surface area contributed by atoms with E-state index in [9.17, 15) is 39.6 Å². The van der Waals surface area contributed by atoms with Crippen LogP contribution in [0.1, 0.15) is 27.2 Å². The number of hydrogen-bond donors (Lipinski definition) is 1. The number of carbonyl (C=O) groups is 1. The number of nitrogens with zero attached hydrogens (tertiary/aromatic N) is 2. The third kappa shape index (κ3) is 6.53. The van der Waals surface area contributed by atoms with E-state index in [1.165, 1.54) is 37.3 Å². The van der Waals surface area contributed by atoms with Gasteiger partial charge in [-0.25, -0.2) is 16.8 Å². The van der Waals surface area contributed by atoms with Crippen molar-refractivity contribution in [2.24, 2.45) is 0 Å². The highest BCUT2D eigenvalue weighted by Gasteiger charge is 2.33. The second kappa shape index (κ2) is 11.4. The van der Waals surface area contributed by atoms with E-state index in [2.05, 4.69) is 5.32 Å². The summed E-state index contributed by atoms with van der Waals surface area (Å²) in [6.07, 6.45) is -3.70. The molecule has 0 bridgehead atoms. The van der Waals surface area contributed by atoms with Gasteiger partial charge in [0.15, 0.2) is 9.84 Å². The van der Waals surface area contributed by atoms with E-state index >= 15 is 0 Å². The number of rotatable bonds is 7. The molecule has 1 amide bonds. The summed E-state index contributed by atoms with van der Waals surface area (Å²) in [7, 11) is -7.73. The number of ether oxygens (including phenoxy) is 1. The lowest BCUT2D eigenvalue weighted by Crippen LogP contribution is -2.42. The summed E-state index contributed by atoms with van der Waals surface area (Å²) in [6, 6.07) is 10.3. The van der Waals surface area contributed by atoms with E-state index in [0.717, 1.165) is 33.3 Å². The summed E-state index contributed by atoms with van der Waals surface area (Å²) < 4.78 is 98.0. The Labute approximate surface area is 234 Å². The van der Waals surface area contributed by atoms with E-state index in [0.29, 0.717) is 11.6 Å². The van der Waals surface area contributed by atoms with Crippen LogP contribution in [-0.2, 0) is 37.3 Å². The van der Waals surface area contributed by atoms with Gasteiger partial charge in [0, 0.05) is 37.3 Å². The number of amides is 1. The van der Waals surface area contributed by atoms with Gasteiger partial charge in [-0.05, 0) is 48.9 Å². The number of pyridine rings is 1. The highest BCUT2D eigenvalue weighted by Crippen LogP contribution is 2.31. The highest BCUT2D eigenvalue weighted by atomic mass is 32.2. The quantitative estimate of drug-likeness (QED) is 0.433. The van der Waals surface area contributed by atoms with Crippen molar-refractivity contribution in [3.63, 3.8) is 0 Å². The molecule has 220 valence electrons. The summed E-state index contributed by atoms with van der Waals surface area (Å²) in [6.45, 7) is 1.39. The standard InChI is InChI=1S/C26H26F3N3O7S2/c1-17-23(41(37,38)31-10-12-39-13-11-31)15-22(24(33)30-16-18-6-8-21(9-7-18)40(2,35)36)25(34)32(17)20-5-3-4-19(14-20)26(27,28)29/h3-9,14-15H,10-13,16H2,1-2H3,(H,30,33). The van der Waals surface area contributed by atoms with Crippen LogP contribution in [0.2, 0.25) is 0 Å². The monoisotopic (exact) mass is 613 g/mol. The smallest absolute Gasteiger partial charge is 0.379 e. The topological polar surface area (TPSA) is 132 Å². The lowest BCUT2D eigenvalue weighted by Gasteiger charge is -2.27. The molecule has 1 aliphatic rings. The number of alkyl halides is 3. The molecule has 41 heavy (non-hydrogen) atoms. The fourth-order valence-electron chi connectivity index (χ4n) is 4.29. The molecule has 1 saturated heterocycles. The molecule has 1 fully saturated rings. The molecule has 1 N–H and O–H groups in total. The summed E-state index contributed by atoms with van der Waals surface area (Å²) in [4.78, 5) is 26.4. The molecule has 0 saturated carbocycles. The Hall–Kier alpha value is -3.53. The zero-order chi connectivity index (χ0) is 30.2. The Bertz CT molecular complexity index is 1750. The minimum Gasteiger partial charge on any atom is -0.379 e. The van der Waals surface area contributed by atoms with Gasteiger partial charge in [0.05, 0.1) is 23.7 Å². The van der Waals surface area contributed by atoms with Crippen LogP contribution in [0.3, 0.4) is 0 Å². The lowest BCUT2D eigenvalue weighted by atomic mass is 10.1. The fraction of sp³-hybridized carbons (Fsp3) is 0.308. The Morgan fingerprint density at radius 1 is 1.00 bits per heavy atom. The molecule has 10 nitrogen and oxygen atoms in total. The zero-order valence-electron chi connectivity index (χ0n) is 21.9. The van der Waals surface area contributed by atoms with Crippen LogP contribution in [0.4, 0.5) is 13.2 Å². The van der Waals surface area contributed by atoms with Gasteiger partial charge in [-0.2, -0.15) is 17.5 Å². The van der Waals surface area contributed by atoms with Crippen molar-refractivity contribution in [2.45, 2.75) is 29.4 Å². The summed E-state index contributed by atoms with van der Waals surface area (Å²) in [5.41, 5.74) is -2.65. The van der Waals surface area contributed by atoms with E-state index < -0.39 is 53.5 Å². The largest absolute Gasteiger partial charge is 0.416 e. The van der Waals surface area contributed by atoms with Crippen LogP contribution in [0, 0.1) is 6.92 Å². The first kappa shape index (κ1) is 30.4. The van der Waals surface area contributed by atoms with Crippen LogP contribution < -0.4 is 10.9 Å². The van der Waals surface area contributed by atoms with Crippen molar-refractivity contribution in [1.82, 2.24) is 14.2 Å². The third-order valence-electron chi connectivity index (χ3n) is 6.47. The summed E-state index contributed by atoms with van der Waals surface area (Å²) in [5.74, 6) is -0.971. The van der Waals surface area contributed by atoms with Crippen LogP contribution in [0.5, 0.6) is 0 Å². The first-order chi connectivity index (χ1) is 19.1. The van der Waals surface area contributed by atoms with Gasteiger partial charge in [0.1, 0.15) is 10.5 Å². The van der Waals surface area contributed by atoms with Crippen molar-refractivity contribution < 1.29 is 39.5 Å². The number of sulfone groups is 1. The summed E-state index contributed by atoms with van der Waals surface area (Å²) >= 11 is 0. The molecule has 1 aliphatic heterocycles. The Morgan fingerprint density at radius 2 is 1.63 bits per heavy atom. The van der Waals surface area contributed by atoms with Gasteiger partial charge in [0.2, 0.25) is 10.0 Å². The Balaban J connectivity index is 1.80. The van der Waals surface area contributed by atoms with Crippen molar-refractivity contribution in [2.75, 3.05) is 32.6 Å². The van der Waals surface area contributed by atoms with Gasteiger partial charge in [-0.15, -0.1) is 0 Å². The maximum Gasteiger partial charge on any atom is 0.416 e. The van der Waals surface area contributed by atoms with E-state index in [1.807, 2.05) is 0 Å². The molecule has 0 unspecified atom stereocenters. The number of nitrogens with one attached hydrogen (secondary N) is 1. The van der Waals surface area contributed by atoms with E-state index in [-0.39, 0.29) is 49.1 Å².